The summed E-state index contributed by atoms with van der Waals surface area (Å²) < 4.78 is 22.8. The van der Waals surface area contributed by atoms with Gasteiger partial charge in [0.1, 0.15) is 24.9 Å². The minimum Gasteiger partial charge on any atom is -0.445 e. The smallest absolute Gasteiger partial charge is 0.410 e. The lowest BCUT2D eigenvalue weighted by Crippen LogP contribution is -2.48. The maximum Gasteiger partial charge on any atom is 0.410 e. The molecule has 1 aromatic carbocycles. The molecule has 0 radical (unpaired) electrons. The molecule has 3 fully saturated rings. The van der Waals surface area contributed by atoms with Crippen molar-refractivity contribution in [2.24, 2.45) is 0 Å². The third-order valence-corrected chi connectivity index (χ3v) is 5.17. The molecule has 142 valence electrons. The monoisotopic (exact) mass is 363 g/mol. The summed E-state index contributed by atoms with van der Waals surface area (Å²) in [4.78, 5) is 14.2. The summed E-state index contributed by atoms with van der Waals surface area (Å²) in [5, 5.41) is 10.7. The first-order valence-corrected chi connectivity index (χ1v) is 9.11. The van der Waals surface area contributed by atoms with Gasteiger partial charge in [-0.15, -0.1) is 0 Å². The predicted octanol–water partition coefficient (Wildman–Crippen LogP) is 2.02. The Labute approximate surface area is 152 Å². The van der Waals surface area contributed by atoms with Crippen molar-refractivity contribution in [1.29, 1.82) is 0 Å². The number of benzene rings is 1. The summed E-state index contributed by atoms with van der Waals surface area (Å²) in [7, 11) is 0. The molecule has 0 aromatic heterocycles. The van der Waals surface area contributed by atoms with E-state index in [0.29, 0.717) is 6.54 Å². The van der Waals surface area contributed by atoms with Crippen LogP contribution in [-0.2, 0) is 25.6 Å². The van der Waals surface area contributed by atoms with Gasteiger partial charge in [0.25, 0.3) is 0 Å². The quantitative estimate of drug-likeness (QED) is 0.885. The summed E-state index contributed by atoms with van der Waals surface area (Å²) in [5.41, 5.74) is 0.937. The molecule has 0 aliphatic carbocycles. The number of carbonyl (C=O) groups is 1. The Morgan fingerprint density at radius 1 is 1.27 bits per heavy atom. The number of hydrogen-bond acceptors (Lipinski definition) is 6. The second-order valence-electron chi connectivity index (χ2n) is 7.50. The number of likely N-dealkylation sites (tertiary alicyclic amines) is 1. The zero-order valence-corrected chi connectivity index (χ0v) is 15.0. The Morgan fingerprint density at radius 3 is 2.77 bits per heavy atom. The predicted molar refractivity (Wildman–Crippen MR) is 91.1 cm³/mol. The first kappa shape index (κ1) is 17.7. The third-order valence-electron chi connectivity index (χ3n) is 5.17. The van der Waals surface area contributed by atoms with Crippen LogP contribution in [0.5, 0.6) is 0 Å². The van der Waals surface area contributed by atoms with E-state index in [9.17, 15) is 9.90 Å². The highest BCUT2D eigenvalue weighted by Crippen LogP contribution is 2.40. The molecular weight excluding hydrogens is 338 g/mol. The van der Waals surface area contributed by atoms with Gasteiger partial charge < -0.3 is 29.0 Å². The van der Waals surface area contributed by atoms with E-state index in [4.69, 9.17) is 18.9 Å². The zero-order valence-electron chi connectivity index (χ0n) is 15.0. The van der Waals surface area contributed by atoms with Crippen LogP contribution in [0, 0.1) is 0 Å². The van der Waals surface area contributed by atoms with E-state index in [1.807, 2.05) is 30.3 Å². The van der Waals surface area contributed by atoms with Crippen LogP contribution in [0.3, 0.4) is 0 Å². The molecule has 0 bridgehead atoms. The van der Waals surface area contributed by atoms with Gasteiger partial charge in [0.05, 0.1) is 6.04 Å². The van der Waals surface area contributed by atoms with Crippen LogP contribution in [0.2, 0.25) is 0 Å². The van der Waals surface area contributed by atoms with E-state index in [1.54, 1.807) is 18.7 Å². The summed E-state index contributed by atoms with van der Waals surface area (Å²) in [6, 6.07) is 9.32. The lowest BCUT2D eigenvalue weighted by molar-refractivity contribution is -0.220. The molecule has 1 amide bonds. The normalized spacial score (nSPS) is 35.5. The summed E-state index contributed by atoms with van der Waals surface area (Å²) in [5.74, 6) is -0.773. The molecule has 7 heteroatoms. The lowest BCUT2D eigenvalue weighted by Gasteiger charge is -2.31. The fourth-order valence-electron chi connectivity index (χ4n) is 4.00. The van der Waals surface area contributed by atoms with E-state index < -0.39 is 30.4 Å². The van der Waals surface area contributed by atoms with Gasteiger partial charge in [-0.2, -0.15) is 0 Å². The van der Waals surface area contributed by atoms with Crippen molar-refractivity contribution in [3.63, 3.8) is 0 Å². The third kappa shape index (κ3) is 3.32. The van der Waals surface area contributed by atoms with Crippen molar-refractivity contribution in [2.45, 2.75) is 69.7 Å². The zero-order chi connectivity index (χ0) is 18.3. The van der Waals surface area contributed by atoms with Gasteiger partial charge in [0, 0.05) is 6.54 Å². The molecule has 3 heterocycles. The molecule has 3 saturated heterocycles. The van der Waals surface area contributed by atoms with Gasteiger partial charge in [0.2, 0.25) is 0 Å². The molecule has 3 aliphatic heterocycles. The van der Waals surface area contributed by atoms with Crippen LogP contribution in [0.25, 0.3) is 0 Å². The summed E-state index contributed by atoms with van der Waals surface area (Å²) in [6.45, 7) is 4.40. The number of amides is 1. The largest absolute Gasteiger partial charge is 0.445 e. The van der Waals surface area contributed by atoms with Crippen molar-refractivity contribution in [3.8, 4) is 0 Å². The molecule has 0 spiro atoms. The Morgan fingerprint density at radius 2 is 2.04 bits per heavy atom. The lowest BCUT2D eigenvalue weighted by atomic mass is 10.0. The van der Waals surface area contributed by atoms with E-state index in [-0.39, 0.29) is 18.7 Å². The fourth-order valence-corrected chi connectivity index (χ4v) is 4.00. The van der Waals surface area contributed by atoms with E-state index in [0.717, 1.165) is 18.4 Å². The maximum absolute atomic E-state index is 12.5. The topological polar surface area (TPSA) is 77.5 Å². The molecule has 1 N–H and O–H groups in total. The van der Waals surface area contributed by atoms with Crippen molar-refractivity contribution >= 4 is 6.09 Å². The minimum atomic E-state index is -0.839. The van der Waals surface area contributed by atoms with Gasteiger partial charge in [-0.3, -0.25) is 0 Å². The van der Waals surface area contributed by atoms with Gasteiger partial charge >= 0.3 is 6.09 Å². The SMILES string of the molecule is CC1(C)O[C@H]2O[C@H]([C@H]3CCCN3C(=O)OCc3ccccc3)[C@H](O)[C@H]2O1. The van der Waals surface area contributed by atoms with Crippen LogP contribution < -0.4 is 0 Å². The second kappa shape index (κ2) is 6.81. The number of nitrogens with zero attached hydrogens (tertiary/aromatic N) is 1. The molecular formula is C19H25NO6. The first-order valence-electron chi connectivity index (χ1n) is 9.11. The minimum absolute atomic E-state index is 0.225. The molecule has 3 aliphatic rings. The second-order valence-corrected chi connectivity index (χ2v) is 7.50. The van der Waals surface area contributed by atoms with Crippen molar-refractivity contribution < 1.29 is 28.8 Å². The molecule has 7 nitrogen and oxygen atoms in total. The van der Waals surface area contributed by atoms with Crippen molar-refractivity contribution in [3.05, 3.63) is 35.9 Å². The van der Waals surface area contributed by atoms with Crippen molar-refractivity contribution in [2.75, 3.05) is 6.54 Å². The molecule has 26 heavy (non-hydrogen) atoms. The Hall–Kier alpha value is -1.67. The number of aliphatic hydroxyl groups excluding tert-OH is 1. The Kier molecular flexibility index (Phi) is 4.64. The van der Waals surface area contributed by atoms with Crippen LogP contribution in [0.15, 0.2) is 30.3 Å². The first-order chi connectivity index (χ1) is 12.4. The molecule has 5 atom stereocenters. The molecule has 1 aromatic rings. The van der Waals surface area contributed by atoms with Crippen LogP contribution in [0.4, 0.5) is 4.79 Å². The van der Waals surface area contributed by atoms with Crippen molar-refractivity contribution in [1.82, 2.24) is 4.90 Å². The summed E-state index contributed by atoms with van der Waals surface area (Å²) >= 11 is 0. The summed E-state index contributed by atoms with van der Waals surface area (Å²) in [6.07, 6.45) is -1.29. The maximum atomic E-state index is 12.5. The number of hydrogen-bond donors (Lipinski definition) is 1. The number of aliphatic hydroxyl groups is 1. The fraction of sp³-hybridized carbons (Fsp3) is 0.632. The molecule has 4 rings (SSSR count). The Balaban J connectivity index is 1.39. The van der Waals surface area contributed by atoms with Gasteiger partial charge in [-0.05, 0) is 32.3 Å². The number of ether oxygens (including phenoxy) is 4. The molecule has 0 unspecified atom stereocenters. The average molecular weight is 363 g/mol. The van der Waals surface area contributed by atoms with Gasteiger partial charge in [-0.25, -0.2) is 4.79 Å². The average Bonchev–Trinajstić information content (AvgIpc) is 3.28. The van der Waals surface area contributed by atoms with Gasteiger partial charge in [0.15, 0.2) is 12.1 Å². The van der Waals surface area contributed by atoms with Crippen LogP contribution in [0.1, 0.15) is 32.3 Å². The van der Waals surface area contributed by atoms with Gasteiger partial charge in [-0.1, -0.05) is 30.3 Å². The highest BCUT2D eigenvalue weighted by molar-refractivity contribution is 5.68. The van der Waals surface area contributed by atoms with Crippen LogP contribution in [-0.4, -0.2) is 59.1 Å². The van der Waals surface area contributed by atoms with E-state index in [1.165, 1.54) is 0 Å². The number of fused-ring (bicyclic) bond motifs is 1. The standard InChI is InChI=1S/C19H25NO6/c1-19(2)25-16-14(21)15(24-17(16)26-19)13-9-6-10-20(13)18(22)23-11-12-7-4-3-5-8-12/h3-5,7-8,13-17,21H,6,9-11H2,1-2H3/t13-,14+,15-,16-,17-/m1/s1. The number of rotatable bonds is 3. The highest BCUT2D eigenvalue weighted by atomic mass is 16.8. The molecule has 0 saturated carbocycles. The van der Waals surface area contributed by atoms with E-state index in [2.05, 4.69) is 0 Å². The number of carbonyl (C=O) groups excluding carboxylic acids is 1. The van der Waals surface area contributed by atoms with Crippen LogP contribution >= 0.6 is 0 Å². The Bertz CT molecular complexity index is 651. The highest BCUT2D eigenvalue weighted by Gasteiger charge is 2.57. The van der Waals surface area contributed by atoms with E-state index >= 15 is 0 Å².